The van der Waals surface area contributed by atoms with Crippen LogP contribution in [0, 0.1) is 11.6 Å². The second kappa shape index (κ2) is 16.2. The molecule has 7 rings (SSSR count). The molecule has 11 heteroatoms. The minimum absolute atomic E-state index is 0.0191. The maximum Gasteiger partial charge on any atom is 0.320 e. The van der Waals surface area contributed by atoms with Crippen molar-refractivity contribution in [2.45, 2.75) is 109 Å². The van der Waals surface area contributed by atoms with E-state index < -0.39 is 25.8 Å². The van der Waals surface area contributed by atoms with Gasteiger partial charge >= 0.3 is 6.01 Å². The summed E-state index contributed by atoms with van der Waals surface area (Å²) in [5.41, 5.74) is 3.25. The van der Waals surface area contributed by atoms with Crippen LogP contribution in [0.3, 0.4) is 0 Å². The quantitative estimate of drug-likeness (QED) is 0.0775. The molecule has 0 bridgehead atoms. The van der Waals surface area contributed by atoms with E-state index in [2.05, 4.69) is 61.4 Å². The van der Waals surface area contributed by atoms with E-state index in [4.69, 9.17) is 13.9 Å². The molecule has 0 radical (unpaired) electrons. The molecule has 2 aliphatic heterocycles. The van der Waals surface area contributed by atoms with Crippen LogP contribution >= 0.6 is 0 Å². The minimum Gasteiger partial charge on any atom is -0.472 e. The third kappa shape index (κ3) is 7.59. The van der Waals surface area contributed by atoms with Crippen molar-refractivity contribution in [3.05, 3.63) is 89.6 Å². The Morgan fingerprint density at radius 1 is 0.891 bits per heavy atom. The van der Waals surface area contributed by atoms with Crippen molar-refractivity contribution in [2.24, 2.45) is 0 Å². The second-order valence-electron chi connectivity index (χ2n) is 16.3. The third-order valence-corrected chi connectivity index (χ3v) is 18.2. The number of pyridine rings is 1. The first-order valence-corrected chi connectivity index (χ1v) is 22.0. The molecule has 2 saturated heterocycles. The van der Waals surface area contributed by atoms with Crippen LogP contribution < -0.4 is 9.47 Å². The van der Waals surface area contributed by atoms with E-state index in [1.54, 1.807) is 12.1 Å². The van der Waals surface area contributed by atoms with Crippen LogP contribution in [0.1, 0.15) is 78.4 Å². The van der Waals surface area contributed by atoms with Crippen LogP contribution in [0.2, 0.25) is 16.6 Å². The van der Waals surface area contributed by atoms with Gasteiger partial charge in [0, 0.05) is 36.7 Å². The van der Waals surface area contributed by atoms with Crippen molar-refractivity contribution in [1.82, 2.24) is 19.9 Å². The number of halogens is 3. The normalized spacial score (nSPS) is 19.0. The predicted molar refractivity (Wildman–Crippen MR) is 215 cm³/mol. The summed E-state index contributed by atoms with van der Waals surface area (Å²) >= 11 is 0. The molecule has 55 heavy (non-hydrogen) atoms. The van der Waals surface area contributed by atoms with Gasteiger partial charge in [-0.25, -0.2) is 13.2 Å². The highest BCUT2D eigenvalue weighted by Gasteiger charge is 2.49. The molecule has 2 fully saturated rings. The van der Waals surface area contributed by atoms with Gasteiger partial charge in [0.15, 0.2) is 14.1 Å². The maximum atomic E-state index is 17.1. The van der Waals surface area contributed by atoms with Crippen molar-refractivity contribution in [1.29, 1.82) is 0 Å². The molecular formula is C44H53F3N4O3Si. The van der Waals surface area contributed by atoms with Crippen LogP contribution in [0.5, 0.6) is 11.9 Å². The van der Waals surface area contributed by atoms with Crippen LogP contribution in [-0.4, -0.2) is 66.2 Å². The Bertz CT molecular complexity index is 2110. The zero-order valence-electron chi connectivity index (χ0n) is 32.9. The fourth-order valence-corrected chi connectivity index (χ4v) is 15.1. The topological polar surface area (TPSA) is 69.6 Å². The molecule has 2 atom stereocenters. The SMILES string of the molecule is CC(C)[Si](OCCCc1cccc2c(F)ccc(-c3ncc4c(OCc5ccccc5)nc(OC[C@@]56CCCN5C[C@H](F)C6)nc4c3F)c12)(C(C)C)C(C)C. The van der Waals surface area contributed by atoms with Gasteiger partial charge in [0.2, 0.25) is 5.88 Å². The minimum atomic E-state index is -2.06. The summed E-state index contributed by atoms with van der Waals surface area (Å²) in [6, 6.07) is 18.1. The summed E-state index contributed by atoms with van der Waals surface area (Å²) in [4.78, 5) is 15.9. The summed E-state index contributed by atoms with van der Waals surface area (Å²) in [5.74, 6) is -0.945. The molecule has 2 aliphatic rings. The molecule has 3 aromatic carbocycles. The average molecular weight is 771 g/mol. The molecule has 5 aromatic rings. The summed E-state index contributed by atoms with van der Waals surface area (Å²) in [6.07, 6.45) is 4.10. The van der Waals surface area contributed by atoms with Crippen LogP contribution in [0.25, 0.3) is 32.9 Å². The molecule has 0 saturated carbocycles. The van der Waals surface area contributed by atoms with Crippen molar-refractivity contribution >= 4 is 30.0 Å². The van der Waals surface area contributed by atoms with E-state index in [0.29, 0.717) is 59.0 Å². The van der Waals surface area contributed by atoms with Gasteiger partial charge in [0.25, 0.3) is 0 Å². The Labute approximate surface area is 323 Å². The van der Waals surface area contributed by atoms with Crippen LogP contribution in [0.15, 0.2) is 66.9 Å². The summed E-state index contributed by atoms with van der Waals surface area (Å²) < 4.78 is 66.3. The molecule has 0 aliphatic carbocycles. The molecule has 4 heterocycles. The van der Waals surface area contributed by atoms with Gasteiger partial charge in [0.1, 0.15) is 36.4 Å². The molecule has 292 valence electrons. The van der Waals surface area contributed by atoms with Crippen molar-refractivity contribution < 1.29 is 27.1 Å². The maximum absolute atomic E-state index is 17.1. The number of rotatable bonds is 15. The largest absolute Gasteiger partial charge is 0.472 e. The Balaban J connectivity index is 1.24. The Morgan fingerprint density at radius 2 is 1.65 bits per heavy atom. The standard InChI is InChI=1S/C44H53F3N4O3Si/c1-28(2)55(29(3)4,30(5)6)54-22-11-16-32-15-10-17-34-37(46)19-18-35(38(32)34)40-39(47)41-36(24-48-40)42(52-26-31-13-8-7-9-14-31)50-43(49-41)53-27-44-20-12-21-51(44)25-33(45)23-44/h7-10,13-15,17-19,24,28-30,33H,11-12,16,20-23,25-27H2,1-6H3/t33-,44+/m1/s1. The summed E-state index contributed by atoms with van der Waals surface area (Å²) in [5, 5.41) is 1.29. The first-order valence-electron chi connectivity index (χ1n) is 19.8. The van der Waals surface area contributed by atoms with E-state index in [1.807, 2.05) is 42.5 Å². The number of fused-ring (bicyclic) bond motifs is 3. The number of hydrogen-bond acceptors (Lipinski definition) is 7. The Kier molecular flexibility index (Phi) is 11.5. The Morgan fingerprint density at radius 3 is 2.40 bits per heavy atom. The van der Waals surface area contributed by atoms with Crippen LogP contribution in [-0.2, 0) is 17.5 Å². The highest BCUT2D eigenvalue weighted by atomic mass is 28.4. The number of nitrogens with zero attached hydrogens (tertiary/aromatic N) is 4. The monoisotopic (exact) mass is 770 g/mol. The van der Waals surface area contributed by atoms with E-state index in [9.17, 15) is 4.39 Å². The lowest BCUT2D eigenvalue weighted by molar-refractivity contribution is 0.106. The van der Waals surface area contributed by atoms with Crippen molar-refractivity contribution in [3.63, 3.8) is 0 Å². The number of aromatic nitrogens is 3. The molecule has 0 unspecified atom stereocenters. The van der Waals surface area contributed by atoms with E-state index in [-0.39, 0.29) is 47.5 Å². The van der Waals surface area contributed by atoms with Gasteiger partial charge in [-0.3, -0.25) is 9.88 Å². The van der Waals surface area contributed by atoms with Gasteiger partial charge in [-0.05, 0) is 77.5 Å². The summed E-state index contributed by atoms with van der Waals surface area (Å²) in [6.45, 7) is 15.8. The smallest absolute Gasteiger partial charge is 0.320 e. The van der Waals surface area contributed by atoms with Crippen molar-refractivity contribution in [2.75, 3.05) is 26.3 Å². The lowest BCUT2D eigenvalue weighted by Crippen LogP contribution is -2.48. The Hall–Kier alpha value is -4.06. The number of hydrogen-bond donors (Lipinski definition) is 0. The first-order chi connectivity index (χ1) is 26.4. The van der Waals surface area contributed by atoms with Gasteiger partial charge in [-0.15, -0.1) is 0 Å². The zero-order valence-corrected chi connectivity index (χ0v) is 33.9. The number of aryl methyl sites for hydroxylation is 1. The zero-order chi connectivity index (χ0) is 38.9. The first kappa shape index (κ1) is 39.2. The van der Waals surface area contributed by atoms with Crippen molar-refractivity contribution in [3.8, 4) is 23.1 Å². The number of benzene rings is 3. The summed E-state index contributed by atoms with van der Waals surface area (Å²) in [7, 11) is -2.06. The van der Waals surface area contributed by atoms with Crippen LogP contribution in [0.4, 0.5) is 13.2 Å². The average Bonchev–Trinajstić information content (AvgIpc) is 3.69. The molecule has 0 amide bonds. The van der Waals surface area contributed by atoms with Gasteiger partial charge in [-0.1, -0.05) is 90.1 Å². The van der Waals surface area contributed by atoms with E-state index in [1.165, 1.54) is 12.3 Å². The molecule has 7 nitrogen and oxygen atoms in total. The highest BCUT2D eigenvalue weighted by Crippen LogP contribution is 2.43. The second-order valence-corrected chi connectivity index (χ2v) is 21.8. The molecule has 2 aromatic heterocycles. The third-order valence-electron chi connectivity index (χ3n) is 12.1. The van der Waals surface area contributed by atoms with Gasteiger partial charge < -0.3 is 13.9 Å². The van der Waals surface area contributed by atoms with E-state index in [0.717, 1.165) is 36.9 Å². The molecule has 0 N–H and O–H groups in total. The number of ether oxygens (including phenoxy) is 2. The fraction of sp³-hybridized carbons (Fsp3) is 0.477. The molecular weight excluding hydrogens is 718 g/mol. The van der Waals surface area contributed by atoms with E-state index >= 15 is 8.78 Å². The highest BCUT2D eigenvalue weighted by molar-refractivity contribution is 6.77. The van der Waals surface area contributed by atoms with Gasteiger partial charge in [-0.2, -0.15) is 9.97 Å². The van der Waals surface area contributed by atoms with Gasteiger partial charge in [0.05, 0.1) is 10.9 Å². The lowest BCUT2D eigenvalue weighted by atomic mass is 9.94. The molecule has 0 spiro atoms. The predicted octanol–water partition coefficient (Wildman–Crippen LogP) is 10.8. The fourth-order valence-electron chi connectivity index (χ4n) is 9.61. The lowest BCUT2D eigenvalue weighted by Gasteiger charge is -2.42. The number of alkyl halides is 1.